The average Bonchev–Trinajstić information content (AvgIpc) is 3.13. The number of nitrogens with one attached hydrogen (secondary N) is 1. The number of fused-ring (bicyclic) bond motifs is 1. The van der Waals surface area contributed by atoms with Crippen LogP contribution in [0.2, 0.25) is 0 Å². The predicted molar refractivity (Wildman–Crippen MR) is 73.2 cm³/mol. The molecule has 0 radical (unpaired) electrons. The third-order valence-electron chi connectivity index (χ3n) is 3.77. The van der Waals surface area contributed by atoms with Crippen LogP contribution in [0.5, 0.6) is 0 Å². The van der Waals surface area contributed by atoms with Crippen molar-refractivity contribution in [2.75, 3.05) is 18.6 Å². The summed E-state index contributed by atoms with van der Waals surface area (Å²) in [5, 5.41) is 3.39. The summed E-state index contributed by atoms with van der Waals surface area (Å²) < 4.78 is 13.6. The molecule has 1 unspecified atom stereocenters. The Balaban J connectivity index is 1.80. The van der Waals surface area contributed by atoms with Crippen molar-refractivity contribution in [3.8, 4) is 0 Å². The molecule has 0 bridgehead atoms. The van der Waals surface area contributed by atoms with Gasteiger partial charge in [-0.2, -0.15) is 0 Å². The molecule has 0 aromatic carbocycles. The number of rotatable bonds is 5. The van der Waals surface area contributed by atoms with E-state index in [9.17, 15) is 4.21 Å². The van der Waals surface area contributed by atoms with Gasteiger partial charge in [0.15, 0.2) is 0 Å². The average molecular weight is 267 g/mol. The van der Waals surface area contributed by atoms with Crippen molar-refractivity contribution >= 4 is 10.8 Å². The fourth-order valence-electron chi connectivity index (χ4n) is 2.72. The van der Waals surface area contributed by atoms with Gasteiger partial charge in [0, 0.05) is 60.5 Å². The lowest BCUT2D eigenvalue weighted by Crippen LogP contribution is -2.25. The Morgan fingerprint density at radius 3 is 3.06 bits per heavy atom. The molecule has 5 heteroatoms. The zero-order chi connectivity index (χ0) is 12.5. The van der Waals surface area contributed by atoms with Crippen LogP contribution in [-0.2, 0) is 30.3 Å². The first-order valence-electron chi connectivity index (χ1n) is 6.84. The molecule has 1 saturated carbocycles. The van der Waals surface area contributed by atoms with Gasteiger partial charge in [-0.1, -0.05) is 0 Å². The van der Waals surface area contributed by atoms with Crippen molar-refractivity contribution in [2.24, 2.45) is 0 Å². The number of nitrogens with zero attached hydrogens (tertiary/aromatic N) is 2. The molecule has 0 saturated heterocycles. The second-order valence-electron chi connectivity index (χ2n) is 5.35. The smallest absolute Gasteiger partial charge is 0.112 e. The molecule has 2 aliphatic rings. The first kappa shape index (κ1) is 12.4. The highest BCUT2D eigenvalue weighted by Crippen LogP contribution is 2.40. The third kappa shape index (κ3) is 2.52. The summed E-state index contributed by atoms with van der Waals surface area (Å²) in [6.07, 6.45) is 6.46. The minimum Gasteiger partial charge on any atom is -0.331 e. The maximum Gasteiger partial charge on any atom is 0.112 e. The molecule has 18 heavy (non-hydrogen) atoms. The zero-order valence-corrected chi connectivity index (χ0v) is 11.8. The molecule has 100 valence electrons. The highest BCUT2D eigenvalue weighted by molar-refractivity contribution is 7.84. The molecular formula is C13H21N3OS. The van der Waals surface area contributed by atoms with Gasteiger partial charge in [-0.3, -0.25) is 4.21 Å². The van der Waals surface area contributed by atoms with Crippen LogP contribution in [0.1, 0.15) is 42.4 Å². The number of hydrogen-bond acceptors (Lipinski definition) is 3. The summed E-state index contributed by atoms with van der Waals surface area (Å²) >= 11 is 0. The Kier molecular flexibility index (Phi) is 3.52. The van der Waals surface area contributed by atoms with Crippen LogP contribution in [0.3, 0.4) is 0 Å². The van der Waals surface area contributed by atoms with Crippen LogP contribution >= 0.6 is 0 Å². The molecule has 4 nitrogen and oxygen atoms in total. The van der Waals surface area contributed by atoms with Crippen LogP contribution in [0.4, 0.5) is 0 Å². The van der Waals surface area contributed by atoms with E-state index in [1.165, 1.54) is 30.1 Å². The lowest BCUT2D eigenvalue weighted by Gasteiger charge is -2.16. The highest BCUT2D eigenvalue weighted by atomic mass is 32.2. The van der Waals surface area contributed by atoms with E-state index < -0.39 is 10.8 Å². The van der Waals surface area contributed by atoms with E-state index in [1.807, 2.05) is 0 Å². The summed E-state index contributed by atoms with van der Waals surface area (Å²) in [5.41, 5.74) is 2.68. The maximum absolute atomic E-state index is 11.2. The van der Waals surface area contributed by atoms with Gasteiger partial charge in [0.25, 0.3) is 0 Å². The van der Waals surface area contributed by atoms with E-state index in [2.05, 4.69) is 9.88 Å². The largest absolute Gasteiger partial charge is 0.331 e. The van der Waals surface area contributed by atoms with E-state index >= 15 is 0 Å². The van der Waals surface area contributed by atoms with Crippen molar-refractivity contribution in [2.45, 2.75) is 44.7 Å². The van der Waals surface area contributed by atoms with Gasteiger partial charge in [0.2, 0.25) is 0 Å². The molecular weight excluding hydrogens is 246 g/mol. The molecule has 0 amide bonds. The molecule has 0 spiro atoms. The first-order chi connectivity index (χ1) is 8.75. The van der Waals surface area contributed by atoms with Gasteiger partial charge in [0.05, 0.1) is 5.69 Å². The fraction of sp³-hybridized carbons (Fsp3) is 0.769. The highest BCUT2D eigenvalue weighted by Gasteiger charge is 2.31. The summed E-state index contributed by atoms with van der Waals surface area (Å²) in [6, 6.07) is 0. The van der Waals surface area contributed by atoms with Crippen LogP contribution in [-0.4, -0.2) is 32.3 Å². The lowest BCUT2D eigenvalue weighted by atomic mass is 10.2. The lowest BCUT2D eigenvalue weighted by molar-refractivity contribution is 0.571. The minimum absolute atomic E-state index is 0.677. The van der Waals surface area contributed by atoms with E-state index in [0.29, 0.717) is 5.92 Å². The van der Waals surface area contributed by atoms with Crippen LogP contribution in [0.25, 0.3) is 0 Å². The Morgan fingerprint density at radius 1 is 1.50 bits per heavy atom. The van der Waals surface area contributed by atoms with Gasteiger partial charge in [-0.05, 0) is 19.3 Å². The third-order valence-corrected chi connectivity index (χ3v) is 4.64. The van der Waals surface area contributed by atoms with Gasteiger partial charge in [-0.25, -0.2) is 4.98 Å². The number of aromatic nitrogens is 2. The van der Waals surface area contributed by atoms with Crippen LogP contribution < -0.4 is 5.32 Å². The molecule has 1 aliphatic heterocycles. The SMILES string of the molecule is CS(=O)CCCn1c(C2CC2)nc2c1CCNC2. The van der Waals surface area contributed by atoms with Crippen LogP contribution in [0, 0.1) is 0 Å². The topological polar surface area (TPSA) is 46.9 Å². The van der Waals surface area contributed by atoms with E-state index in [-0.39, 0.29) is 0 Å². The molecule has 1 aliphatic carbocycles. The maximum atomic E-state index is 11.2. The van der Waals surface area contributed by atoms with E-state index in [1.54, 1.807) is 6.26 Å². The Bertz CT molecular complexity index is 465. The molecule has 1 atom stereocenters. The first-order valence-corrected chi connectivity index (χ1v) is 8.57. The molecule has 1 N–H and O–H groups in total. The summed E-state index contributed by atoms with van der Waals surface area (Å²) in [6.45, 7) is 2.97. The summed E-state index contributed by atoms with van der Waals surface area (Å²) in [7, 11) is -0.677. The summed E-state index contributed by atoms with van der Waals surface area (Å²) in [4.78, 5) is 4.84. The Hall–Kier alpha value is -0.680. The van der Waals surface area contributed by atoms with Crippen molar-refractivity contribution in [3.05, 3.63) is 17.2 Å². The fourth-order valence-corrected chi connectivity index (χ4v) is 3.26. The second kappa shape index (κ2) is 5.13. The standard InChI is InChI=1S/C13H21N3OS/c1-18(17)8-2-7-16-12-5-6-14-9-11(12)15-13(16)10-3-4-10/h10,14H,2-9H2,1H3. The second-order valence-corrected chi connectivity index (χ2v) is 6.90. The van der Waals surface area contributed by atoms with Crippen LogP contribution in [0.15, 0.2) is 0 Å². The number of imidazole rings is 1. The van der Waals surface area contributed by atoms with Gasteiger partial charge in [0.1, 0.15) is 5.82 Å². The monoisotopic (exact) mass is 267 g/mol. The summed E-state index contributed by atoms with van der Waals surface area (Å²) in [5.74, 6) is 2.79. The molecule has 2 heterocycles. The van der Waals surface area contributed by atoms with E-state index in [4.69, 9.17) is 4.98 Å². The Labute approximate surface area is 111 Å². The minimum atomic E-state index is -0.677. The van der Waals surface area contributed by atoms with Gasteiger partial charge >= 0.3 is 0 Å². The molecule has 1 aromatic rings. The van der Waals surface area contributed by atoms with Crippen molar-refractivity contribution in [1.29, 1.82) is 0 Å². The predicted octanol–water partition coefficient (Wildman–Crippen LogP) is 1.17. The van der Waals surface area contributed by atoms with Gasteiger partial charge in [-0.15, -0.1) is 0 Å². The normalized spacial score (nSPS) is 20.7. The molecule has 3 rings (SSSR count). The van der Waals surface area contributed by atoms with Crippen molar-refractivity contribution < 1.29 is 4.21 Å². The van der Waals surface area contributed by atoms with Gasteiger partial charge < -0.3 is 9.88 Å². The number of hydrogen-bond donors (Lipinski definition) is 1. The van der Waals surface area contributed by atoms with E-state index in [0.717, 1.165) is 38.2 Å². The molecule has 1 aromatic heterocycles. The van der Waals surface area contributed by atoms with Crippen molar-refractivity contribution in [1.82, 2.24) is 14.9 Å². The zero-order valence-electron chi connectivity index (χ0n) is 10.9. The Morgan fingerprint density at radius 2 is 2.33 bits per heavy atom. The molecule has 1 fully saturated rings. The quantitative estimate of drug-likeness (QED) is 0.871. The van der Waals surface area contributed by atoms with Crippen molar-refractivity contribution in [3.63, 3.8) is 0 Å².